The van der Waals surface area contributed by atoms with Crippen molar-refractivity contribution in [2.45, 2.75) is 44.8 Å². The summed E-state index contributed by atoms with van der Waals surface area (Å²) in [4.78, 5) is 0. The van der Waals surface area contributed by atoms with Gasteiger partial charge in [0.05, 0.1) is 0 Å². The van der Waals surface area contributed by atoms with Gasteiger partial charge in [-0.15, -0.1) is 0 Å². The molecule has 0 aromatic heterocycles. The van der Waals surface area contributed by atoms with Gasteiger partial charge >= 0.3 is 0 Å². The molecule has 0 aliphatic heterocycles. The molecule has 0 N–H and O–H groups in total. The molecule has 2 atom stereocenters. The smallest absolute Gasteiger partial charge is 0.0166 e. The highest BCUT2D eigenvalue weighted by molar-refractivity contribution is 7.99. The van der Waals surface area contributed by atoms with Crippen LogP contribution in [0, 0.1) is 11.8 Å². The molecule has 0 aromatic rings. The van der Waals surface area contributed by atoms with Crippen molar-refractivity contribution in [3.8, 4) is 0 Å². The van der Waals surface area contributed by atoms with Crippen molar-refractivity contribution < 1.29 is 0 Å². The first-order chi connectivity index (χ1) is 5.97. The van der Waals surface area contributed by atoms with Crippen molar-refractivity contribution >= 4 is 11.8 Å². The summed E-state index contributed by atoms with van der Waals surface area (Å²) < 4.78 is 0.386. The monoisotopic (exact) mass is 198 g/mol. The van der Waals surface area contributed by atoms with Gasteiger partial charge in [0.25, 0.3) is 0 Å². The second kappa shape index (κ2) is 4.08. The van der Waals surface area contributed by atoms with Crippen LogP contribution in [-0.4, -0.2) is 11.0 Å². The van der Waals surface area contributed by atoms with Gasteiger partial charge in [-0.2, -0.15) is 11.8 Å². The minimum atomic E-state index is 0.386. The van der Waals surface area contributed by atoms with Crippen LogP contribution in [0.1, 0.15) is 40.0 Å². The molecule has 0 spiro atoms. The van der Waals surface area contributed by atoms with Gasteiger partial charge in [0.2, 0.25) is 0 Å². The number of hydrogen-bond donors (Lipinski definition) is 0. The predicted octanol–water partition coefficient (Wildman–Crippen LogP) is 4.12. The van der Waals surface area contributed by atoms with E-state index in [0.717, 1.165) is 11.8 Å². The summed E-state index contributed by atoms with van der Waals surface area (Å²) in [6.07, 6.45) is 6.18. The predicted molar refractivity (Wildman–Crippen MR) is 63.2 cm³/mol. The van der Waals surface area contributed by atoms with Crippen LogP contribution in [0.5, 0.6) is 0 Å². The Hall–Kier alpha value is 0.0900. The Labute approximate surface area is 87.2 Å². The van der Waals surface area contributed by atoms with Crippen LogP contribution in [0.3, 0.4) is 0 Å². The van der Waals surface area contributed by atoms with E-state index in [4.69, 9.17) is 0 Å². The van der Waals surface area contributed by atoms with Gasteiger partial charge in [-0.25, -0.2) is 0 Å². The third-order valence-corrected chi connectivity index (χ3v) is 4.75. The second-order valence-corrected chi connectivity index (χ2v) is 6.37. The van der Waals surface area contributed by atoms with E-state index in [0.29, 0.717) is 4.75 Å². The van der Waals surface area contributed by atoms with Crippen LogP contribution in [0.4, 0.5) is 0 Å². The van der Waals surface area contributed by atoms with Crippen LogP contribution < -0.4 is 0 Å². The first kappa shape index (κ1) is 11.2. The highest BCUT2D eigenvalue weighted by Gasteiger charge is 2.33. The Bertz CT molecular complexity index is 193. The Kier molecular flexibility index (Phi) is 3.50. The number of allylic oxidation sites excluding steroid dienone is 1. The van der Waals surface area contributed by atoms with Crippen molar-refractivity contribution in [1.82, 2.24) is 0 Å². The van der Waals surface area contributed by atoms with E-state index in [1.165, 1.54) is 24.8 Å². The van der Waals surface area contributed by atoms with E-state index in [9.17, 15) is 0 Å². The van der Waals surface area contributed by atoms with E-state index in [1.807, 2.05) is 11.8 Å². The van der Waals surface area contributed by atoms with Crippen molar-refractivity contribution in [3.63, 3.8) is 0 Å². The molecule has 0 radical (unpaired) electrons. The van der Waals surface area contributed by atoms with Gasteiger partial charge in [0.15, 0.2) is 0 Å². The van der Waals surface area contributed by atoms with Gasteiger partial charge in [-0.05, 0) is 37.4 Å². The van der Waals surface area contributed by atoms with Crippen LogP contribution in [-0.2, 0) is 0 Å². The molecular formula is C12H22S. The van der Waals surface area contributed by atoms with Gasteiger partial charge in [0, 0.05) is 4.75 Å². The minimum absolute atomic E-state index is 0.386. The van der Waals surface area contributed by atoms with E-state index < -0.39 is 0 Å². The fourth-order valence-corrected chi connectivity index (χ4v) is 2.90. The SMILES string of the molecule is C=C1C[C@@H](C)CCC1C(C)(C)SC. The van der Waals surface area contributed by atoms with E-state index in [2.05, 4.69) is 33.6 Å². The Morgan fingerprint density at radius 2 is 2.00 bits per heavy atom. The standard InChI is InChI=1S/C12H22S/c1-9-6-7-11(10(2)8-9)12(3,4)13-5/h9,11H,2,6-8H2,1,3-5H3/t9-,11?/m0/s1. The molecule has 1 unspecified atom stereocenters. The van der Waals surface area contributed by atoms with E-state index in [1.54, 1.807) is 0 Å². The van der Waals surface area contributed by atoms with Crippen molar-refractivity contribution in [2.75, 3.05) is 6.26 Å². The maximum Gasteiger partial charge on any atom is 0.0166 e. The molecule has 1 saturated carbocycles. The molecule has 0 bridgehead atoms. The van der Waals surface area contributed by atoms with Crippen LogP contribution in [0.25, 0.3) is 0 Å². The molecule has 0 amide bonds. The molecule has 0 nitrogen and oxygen atoms in total. The molecule has 1 fully saturated rings. The Morgan fingerprint density at radius 3 is 2.46 bits per heavy atom. The third-order valence-electron chi connectivity index (χ3n) is 3.42. The average molecular weight is 198 g/mol. The first-order valence-corrected chi connectivity index (χ1v) is 6.42. The van der Waals surface area contributed by atoms with Crippen molar-refractivity contribution in [1.29, 1.82) is 0 Å². The second-order valence-electron chi connectivity index (χ2n) is 4.91. The van der Waals surface area contributed by atoms with E-state index in [-0.39, 0.29) is 0 Å². The average Bonchev–Trinajstić information content (AvgIpc) is 2.03. The van der Waals surface area contributed by atoms with Crippen molar-refractivity contribution in [3.05, 3.63) is 12.2 Å². The van der Waals surface area contributed by atoms with Gasteiger partial charge in [0.1, 0.15) is 0 Å². The largest absolute Gasteiger partial charge is 0.159 e. The molecule has 0 saturated heterocycles. The first-order valence-electron chi connectivity index (χ1n) is 5.20. The van der Waals surface area contributed by atoms with Crippen LogP contribution >= 0.6 is 11.8 Å². The lowest BCUT2D eigenvalue weighted by Gasteiger charge is -2.39. The normalized spacial score (nSPS) is 30.6. The Morgan fingerprint density at radius 1 is 1.38 bits per heavy atom. The fourth-order valence-electron chi connectivity index (χ4n) is 2.33. The molecule has 76 valence electrons. The van der Waals surface area contributed by atoms with Gasteiger partial charge < -0.3 is 0 Å². The molecule has 1 aliphatic carbocycles. The molecule has 1 aliphatic rings. The molecule has 0 aromatic carbocycles. The van der Waals surface area contributed by atoms with E-state index >= 15 is 0 Å². The lowest BCUT2D eigenvalue weighted by Crippen LogP contribution is -2.32. The summed E-state index contributed by atoms with van der Waals surface area (Å²) in [7, 11) is 0. The lowest BCUT2D eigenvalue weighted by atomic mass is 9.74. The zero-order valence-corrected chi connectivity index (χ0v) is 10.2. The highest BCUT2D eigenvalue weighted by Crippen LogP contribution is 2.43. The minimum Gasteiger partial charge on any atom is -0.159 e. The molecular weight excluding hydrogens is 176 g/mol. The zero-order valence-electron chi connectivity index (χ0n) is 9.39. The third kappa shape index (κ3) is 2.52. The fraction of sp³-hybridized carbons (Fsp3) is 0.833. The quantitative estimate of drug-likeness (QED) is 0.601. The maximum atomic E-state index is 4.25. The molecule has 1 rings (SSSR count). The number of rotatable bonds is 2. The molecule has 1 heteroatoms. The Balaban J connectivity index is 2.66. The summed E-state index contributed by atoms with van der Waals surface area (Å²) in [5.41, 5.74) is 1.48. The van der Waals surface area contributed by atoms with Crippen LogP contribution in [0.2, 0.25) is 0 Å². The van der Waals surface area contributed by atoms with Crippen LogP contribution in [0.15, 0.2) is 12.2 Å². The summed E-state index contributed by atoms with van der Waals surface area (Å²) in [6.45, 7) is 11.3. The summed E-state index contributed by atoms with van der Waals surface area (Å²) >= 11 is 1.98. The topological polar surface area (TPSA) is 0 Å². The maximum absolute atomic E-state index is 4.25. The molecule has 0 heterocycles. The summed E-state index contributed by atoms with van der Waals surface area (Å²) in [6, 6.07) is 0. The van der Waals surface area contributed by atoms with Gasteiger partial charge in [-0.3, -0.25) is 0 Å². The van der Waals surface area contributed by atoms with Gasteiger partial charge in [-0.1, -0.05) is 32.9 Å². The highest BCUT2D eigenvalue weighted by atomic mass is 32.2. The number of thioether (sulfide) groups is 1. The lowest BCUT2D eigenvalue weighted by molar-refractivity contribution is 0.330. The molecule has 13 heavy (non-hydrogen) atoms. The summed E-state index contributed by atoms with van der Waals surface area (Å²) in [5, 5.41) is 0. The zero-order chi connectivity index (χ0) is 10.1. The number of hydrogen-bond acceptors (Lipinski definition) is 1. The van der Waals surface area contributed by atoms with Crippen molar-refractivity contribution in [2.24, 2.45) is 11.8 Å². The summed E-state index contributed by atoms with van der Waals surface area (Å²) in [5.74, 6) is 1.60.